The van der Waals surface area contributed by atoms with Crippen molar-refractivity contribution >= 4 is 40.1 Å². The number of ether oxygens (including phenoxy) is 1. The highest BCUT2D eigenvalue weighted by Crippen LogP contribution is 2.25. The summed E-state index contributed by atoms with van der Waals surface area (Å²) in [6.07, 6.45) is 2.00. The average Bonchev–Trinajstić information content (AvgIpc) is 3.23. The summed E-state index contributed by atoms with van der Waals surface area (Å²) < 4.78 is 5.31. The van der Waals surface area contributed by atoms with Crippen LogP contribution in [0, 0.1) is 6.92 Å². The van der Waals surface area contributed by atoms with E-state index < -0.39 is 18.5 Å². The van der Waals surface area contributed by atoms with Crippen molar-refractivity contribution in [2.45, 2.75) is 33.1 Å². The maximum Gasteiger partial charge on any atom is 0.340 e. The number of fused-ring (bicyclic) bond motifs is 1. The molecule has 32 heavy (non-hydrogen) atoms. The van der Waals surface area contributed by atoms with Crippen molar-refractivity contribution in [2.75, 3.05) is 23.4 Å². The minimum Gasteiger partial charge on any atom is -0.452 e. The van der Waals surface area contributed by atoms with E-state index in [0.717, 1.165) is 28.6 Å². The number of para-hydroxylation sites is 1. The standard InChI is InChI=1S/C25H25N3O4/c1-3-20-24(16(2)19-7-4-5-8-21(19)27-20)25(31)32-15-22(29)26-17-10-12-18(13-11-17)28-14-6-9-23(28)30/h4-5,7-8,10-13H,3,6,9,14-15H2,1-2H3,(H,26,29). The quantitative estimate of drug-likeness (QED) is 0.596. The molecule has 1 aromatic heterocycles. The molecule has 2 heterocycles. The molecule has 1 fully saturated rings. The molecule has 0 aliphatic carbocycles. The van der Waals surface area contributed by atoms with E-state index in [1.807, 2.05) is 38.1 Å². The Kier molecular flexibility index (Phi) is 6.16. The van der Waals surface area contributed by atoms with Crippen molar-refractivity contribution in [3.63, 3.8) is 0 Å². The molecule has 164 valence electrons. The molecule has 7 heteroatoms. The molecule has 7 nitrogen and oxygen atoms in total. The van der Waals surface area contributed by atoms with E-state index in [4.69, 9.17) is 4.74 Å². The van der Waals surface area contributed by atoms with Crippen molar-refractivity contribution in [1.82, 2.24) is 4.98 Å². The highest BCUT2D eigenvalue weighted by atomic mass is 16.5. The van der Waals surface area contributed by atoms with Crippen LogP contribution in [0.5, 0.6) is 0 Å². The second-order valence-corrected chi connectivity index (χ2v) is 7.75. The highest BCUT2D eigenvalue weighted by molar-refractivity contribution is 6.00. The van der Waals surface area contributed by atoms with E-state index >= 15 is 0 Å². The monoisotopic (exact) mass is 431 g/mol. The Balaban J connectivity index is 1.40. The Morgan fingerprint density at radius 1 is 1.12 bits per heavy atom. The first-order chi connectivity index (χ1) is 15.5. The summed E-state index contributed by atoms with van der Waals surface area (Å²) in [4.78, 5) is 43.3. The van der Waals surface area contributed by atoms with Gasteiger partial charge in [0.05, 0.1) is 16.8 Å². The van der Waals surface area contributed by atoms with Crippen molar-refractivity contribution in [1.29, 1.82) is 0 Å². The Hall–Kier alpha value is -3.74. The third-order valence-corrected chi connectivity index (χ3v) is 5.64. The first-order valence-electron chi connectivity index (χ1n) is 10.7. The van der Waals surface area contributed by atoms with Gasteiger partial charge in [0.15, 0.2) is 6.61 Å². The van der Waals surface area contributed by atoms with Gasteiger partial charge in [-0.25, -0.2) is 4.79 Å². The molecule has 3 aromatic rings. The lowest BCUT2D eigenvalue weighted by atomic mass is 10.0. The minimum absolute atomic E-state index is 0.110. The summed E-state index contributed by atoms with van der Waals surface area (Å²) in [6.45, 7) is 4.11. The number of aryl methyl sites for hydroxylation is 2. The maximum absolute atomic E-state index is 12.8. The Morgan fingerprint density at radius 3 is 2.56 bits per heavy atom. The first kappa shape index (κ1) is 21.5. The number of hydrogen-bond acceptors (Lipinski definition) is 5. The molecule has 1 N–H and O–H groups in total. The number of carbonyl (C=O) groups is 3. The molecule has 1 aliphatic heterocycles. The Morgan fingerprint density at radius 2 is 1.88 bits per heavy atom. The smallest absolute Gasteiger partial charge is 0.340 e. The first-order valence-corrected chi connectivity index (χ1v) is 10.7. The lowest BCUT2D eigenvalue weighted by Crippen LogP contribution is -2.24. The number of benzene rings is 2. The van der Waals surface area contributed by atoms with Gasteiger partial charge in [0.2, 0.25) is 5.91 Å². The van der Waals surface area contributed by atoms with Crippen LogP contribution in [0.1, 0.15) is 41.4 Å². The number of anilines is 2. The number of pyridine rings is 1. The van der Waals surface area contributed by atoms with Crippen LogP contribution in [0.2, 0.25) is 0 Å². The number of rotatable bonds is 6. The van der Waals surface area contributed by atoms with Crippen LogP contribution in [0.4, 0.5) is 11.4 Å². The summed E-state index contributed by atoms with van der Waals surface area (Å²) in [5.74, 6) is -0.887. The zero-order valence-corrected chi connectivity index (χ0v) is 18.2. The third-order valence-electron chi connectivity index (χ3n) is 5.64. The Labute approximate surface area is 186 Å². The van der Waals surface area contributed by atoms with Gasteiger partial charge in [-0.3, -0.25) is 14.6 Å². The largest absolute Gasteiger partial charge is 0.452 e. The van der Waals surface area contributed by atoms with Gasteiger partial charge in [-0.15, -0.1) is 0 Å². The number of nitrogens with zero attached hydrogens (tertiary/aromatic N) is 2. The zero-order valence-electron chi connectivity index (χ0n) is 18.2. The molecule has 1 saturated heterocycles. The third kappa shape index (κ3) is 4.32. The lowest BCUT2D eigenvalue weighted by Gasteiger charge is -2.16. The molecule has 0 spiro atoms. The predicted octanol–water partition coefficient (Wildman–Crippen LogP) is 4.03. The van der Waals surface area contributed by atoms with E-state index in [2.05, 4.69) is 10.3 Å². The topological polar surface area (TPSA) is 88.6 Å². The fourth-order valence-corrected chi connectivity index (χ4v) is 4.01. The van der Waals surface area contributed by atoms with Crippen molar-refractivity contribution in [3.8, 4) is 0 Å². The molecule has 2 amide bonds. The maximum atomic E-state index is 12.8. The van der Waals surface area contributed by atoms with Crippen molar-refractivity contribution < 1.29 is 19.1 Å². The second-order valence-electron chi connectivity index (χ2n) is 7.75. The molecule has 0 atom stereocenters. The summed E-state index contributed by atoms with van der Waals surface area (Å²) >= 11 is 0. The highest BCUT2D eigenvalue weighted by Gasteiger charge is 2.22. The van der Waals surface area contributed by atoms with Gasteiger partial charge in [0, 0.05) is 29.7 Å². The summed E-state index contributed by atoms with van der Waals surface area (Å²) in [5.41, 5.74) is 4.07. The molecule has 0 unspecified atom stereocenters. The van der Waals surface area contributed by atoms with Crippen LogP contribution in [0.25, 0.3) is 10.9 Å². The van der Waals surface area contributed by atoms with E-state index in [0.29, 0.717) is 36.3 Å². The molecule has 2 aromatic carbocycles. The van der Waals surface area contributed by atoms with Crippen LogP contribution in [-0.2, 0) is 20.7 Å². The van der Waals surface area contributed by atoms with Crippen LogP contribution in [0.3, 0.4) is 0 Å². The molecular formula is C25H25N3O4. The van der Waals surface area contributed by atoms with Gasteiger partial charge in [-0.05, 0) is 55.7 Å². The van der Waals surface area contributed by atoms with E-state index in [1.54, 1.807) is 29.2 Å². The van der Waals surface area contributed by atoms with E-state index in [9.17, 15) is 14.4 Å². The van der Waals surface area contributed by atoms with Crippen molar-refractivity contribution in [3.05, 3.63) is 65.4 Å². The second kappa shape index (κ2) is 9.18. The molecule has 4 rings (SSSR count). The van der Waals surface area contributed by atoms with E-state index in [-0.39, 0.29) is 5.91 Å². The number of amides is 2. The van der Waals surface area contributed by atoms with Gasteiger partial charge >= 0.3 is 5.97 Å². The van der Waals surface area contributed by atoms with Gasteiger partial charge in [0.25, 0.3) is 5.91 Å². The number of carbonyl (C=O) groups excluding carboxylic acids is 3. The fraction of sp³-hybridized carbons (Fsp3) is 0.280. The van der Waals surface area contributed by atoms with Gasteiger partial charge in [-0.2, -0.15) is 0 Å². The molecule has 0 saturated carbocycles. The van der Waals surface area contributed by atoms with Crippen LogP contribution >= 0.6 is 0 Å². The Bertz CT molecular complexity index is 1190. The van der Waals surface area contributed by atoms with E-state index in [1.165, 1.54) is 0 Å². The summed E-state index contributed by atoms with van der Waals surface area (Å²) in [5, 5.41) is 3.60. The zero-order chi connectivity index (χ0) is 22.7. The summed E-state index contributed by atoms with van der Waals surface area (Å²) in [7, 11) is 0. The molecule has 0 bridgehead atoms. The normalized spacial score (nSPS) is 13.4. The molecule has 1 aliphatic rings. The fourth-order valence-electron chi connectivity index (χ4n) is 4.01. The SMILES string of the molecule is CCc1nc2ccccc2c(C)c1C(=O)OCC(=O)Nc1ccc(N2CCCC2=O)cc1. The number of nitrogens with one attached hydrogen (secondary N) is 1. The number of hydrogen-bond donors (Lipinski definition) is 1. The molecular weight excluding hydrogens is 406 g/mol. The lowest BCUT2D eigenvalue weighted by molar-refractivity contribution is -0.119. The van der Waals surface area contributed by atoms with Gasteiger partial charge < -0.3 is 15.0 Å². The molecule has 0 radical (unpaired) electrons. The van der Waals surface area contributed by atoms with Crippen LogP contribution in [0.15, 0.2) is 48.5 Å². The van der Waals surface area contributed by atoms with Crippen molar-refractivity contribution in [2.24, 2.45) is 0 Å². The van der Waals surface area contributed by atoms with Crippen LogP contribution in [-0.4, -0.2) is 35.9 Å². The number of esters is 1. The van der Waals surface area contributed by atoms with Gasteiger partial charge in [-0.1, -0.05) is 25.1 Å². The van der Waals surface area contributed by atoms with Crippen LogP contribution < -0.4 is 10.2 Å². The average molecular weight is 431 g/mol. The summed E-state index contributed by atoms with van der Waals surface area (Å²) in [6, 6.07) is 14.7. The number of aromatic nitrogens is 1. The van der Waals surface area contributed by atoms with Gasteiger partial charge in [0.1, 0.15) is 0 Å². The predicted molar refractivity (Wildman–Crippen MR) is 123 cm³/mol. The minimum atomic E-state index is -0.560.